The molecule has 0 amide bonds. The van der Waals surface area contributed by atoms with Gasteiger partial charge in [0.25, 0.3) is 0 Å². The molecule has 0 aromatic heterocycles. The van der Waals surface area contributed by atoms with E-state index in [1.54, 1.807) is 0 Å². The van der Waals surface area contributed by atoms with Gasteiger partial charge in [-0.1, -0.05) is 27.7 Å². The zero-order valence-electron chi connectivity index (χ0n) is 10.8. The normalized spacial score (nSPS) is 27.6. The molecule has 1 aliphatic rings. The highest BCUT2D eigenvalue weighted by atomic mass is 16.6. The molecule has 1 rings (SSSR count). The van der Waals surface area contributed by atoms with E-state index < -0.39 is 0 Å². The predicted molar refractivity (Wildman–Crippen MR) is 64.5 cm³/mol. The first-order valence-electron chi connectivity index (χ1n) is 6.47. The van der Waals surface area contributed by atoms with Crippen LogP contribution in [0.25, 0.3) is 0 Å². The Kier molecular flexibility index (Phi) is 5.62. The van der Waals surface area contributed by atoms with Crippen LogP contribution in [0.3, 0.4) is 0 Å². The molecular formula is C13H27NO. The van der Waals surface area contributed by atoms with Crippen molar-refractivity contribution >= 4 is 0 Å². The standard InChI is InChI=1S/C13H27NO/c1-10(2)9-15-14-13-7-5-12(6-8-13)11(3)4/h10-14H,5-9H2,1-4H3. The first-order chi connectivity index (χ1) is 7.09. The number of hydroxylamine groups is 1. The third-order valence-electron chi connectivity index (χ3n) is 3.38. The van der Waals surface area contributed by atoms with Crippen LogP contribution in [-0.4, -0.2) is 12.6 Å². The first kappa shape index (κ1) is 13.0. The highest BCUT2D eigenvalue weighted by Crippen LogP contribution is 2.29. The van der Waals surface area contributed by atoms with Crippen LogP contribution in [0.1, 0.15) is 53.4 Å². The predicted octanol–water partition coefficient (Wildman–Crippen LogP) is 3.38. The van der Waals surface area contributed by atoms with Crippen LogP contribution in [0, 0.1) is 17.8 Å². The quantitative estimate of drug-likeness (QED) is 0.707. The molecule has 2 heteroatoms. The topological polar surface area (TPSA) is 21.3 Å². The van der Waals surface area contributed by atoms with E-state index in [9.17, 15) is 0 Å². The lowest BCUT2D eigenvalue weighted by atomic mass is 9.80. The second-order valence-corrected chi connectivity index (χ2v) is 5.68. The van der Waals surface area contributed by atoms with E-state index in [1.165, 1.54) is 25.7 Å². The molecule has 0 aromatic carbocycles. The number of hydrogen-bond donors (Lipinski definition) is 1. The Balaban J connectivity index is 2.09. The highest BCUT2D eigenvalue weighted by Gasteiger charge is 2.22. The summed E-state index contributed by atoms with van der Waals surface area (Å²) in [7, 11) is 0. The van der Waals surface area contributed by atoms with Crippen molar-refractivity contribution in [1.29, 1.82) is 0 Å². The summed E-state index contributed by atoms with van der Waals surface area (Å²) in [5.41, 5.74) is 3.21. The number of hydrogen-bond acceptors (Lipinski definition) is 2. The molecule has 0 radical (unpaired) electrons. The van der Waals surface area contributed by atoms with E-state index in [2.05, 4.69) is 33.2 Å². The van der Waals surface area contributed by atoms with Gasteiger partial charge >= 0.3 is 0 Å². The van der Waals surface area contributed by atoms with Gasteiger partial charge in [0.15, 0.2) is 0 Å². The van der Waals surface area contributed by atoms with Gasteiger partial charge in [0.05, 0.1) is 6.61 Å². The van der Waals surface area contributed by atoms with Crippen molar-refractivity contribution in [2.24, 2.45) is 17.8 Å². The maximum Gasteiger partial charge on any atom is 0.0705 e. The maximum atomic E-state index is 5.48. The molecule has 2 nitrogen and oxygen atoms in total. The third kappa shape index (κ3) is 4.98. The van der Waals surface area contributed by atoms with E-state index in [0.29, 0.717) is 12.0 Å². The van der Waals surface area contributed by atoms with Crippen molar-refractivity contribution in [3.05, 3.63) is 0 Å². The van der Waals surface area contributed by atoms with Gasteiger partial charge in [0.2, 0.25) is 0 Å². The van der Waals surface area contributed by atoms with Gasteiger partial charge in [-0.3, -0.25) is 0 Å². The summed E-state index contributed by atoms with van der Waals surface area (Å²) in [5, 5.41) is 0. The fourth-order valence-electron chi connectivity index (χ4n) is 2.24. The summed E-state index contributed by atoms with van der Waals surface area (Å²) >= 11 is 0. The summed E-state index contributed by atoms with van der Waals surface area (Å²) in [5.74, 6) is 2.40. The lowest BCUT2D eigenvalue weighted by molar-refractivity contribution is -0.0117. The summed E-state index contributed by atoms with van der Waals surface area (Å²) in [4.78, 5) is 5.48. The number of rotatable bonds is 5. The molecule has 0 spiro atoms. The van der Waals surface area contributed by atoms with Gasteiger partial charge < -0.3 is 4.84 Å². The van der Waals surface area contributed by atoms with Gasteiger partial charge in [-0.2, -0.15) is 5.48 Å². The smallest absolute Gasteiger partial charge is 0.0705 e. The lowest BCUT2D eigenvalue weighted by Crippen LogP contribution is -2.35. The van der Waals surface area contributed by atoms with Crippen LogP contribution in [0.15, 0.2) is 0 Å². The van der Waals surface area contributed by atoms with Crippen LogP contribution in [0.2, 0.25) is 0 Å². The summed E-state index contributed by atoms with van der Waals surface area (Å²) in [6.45, 7) is 9.86. The van der Waals surface area contributed by atoms with E-state index in [1.807, 2.05) is 0 Å². The fourth-order valence-corrected chi connectivity index (χ4v) is 2.24. The SMILES string of the molecule is CC(C)CONC1CCC(C(C)C)CC1. The van der Waals surface area contributed by atoms with Gasteiger partial charge in [-0.15, -0.1) is 0 Å². The Hall–Kier alpha value is -0.0800. The molecular weight excluding hydrogens is 186 g/mol. The monoisotopic (exact) mass is 213 g/mol. The van der Waals surface area contributed by atoms with Gasteiger partial charge in [0.1, 0.15) is 0 Å². The Morgan fingerprint density at radius 3 is 2.13 bits per heavy atom. The van der Waals surface area contributed by atoms with E-state index >= 15 is 0 Å². The molecule has 1 saturated carbocycles. The minimum Gasteiger partial charge on any atom is -0.301 e. The van der Waals surface area contributed by atoms with Crippen LogP contribution in [-0.2, 0) is 4.84 Å². The van der Waals surface area contributed by atoms with Gasteiger partial charge in [0, 0.05) is 6.04 Å². The molecule has 1 N–H and O–H groups in total. The summed E-state index contributed by atoms with van der Waals surface area (Å²) in [6.07, 6.45) is 5.28. The second-order valence-electron chi connectivity index (χ2n) is 5.68. The second kappa shape index (κ2) is 6.49. The van der Waals surface area contributed by atoms with Crippen LogP contribution in [0.4, 0.5) is 0 Å². The average Bonchev–Trinajstić information content (AvgIpc) is 2.18. The Labute approximate surface area is 94.7 Å². The molecule has 90 valence electrons. The Morgan fingerprint density at radius 2 is 1.67 bits per heavy atom. The molecule has 1 aliphatic carbocycles. The van der Waals surface area contributed by atoms with E-state index in [4.69, 9.17) is 4.84 Å². The van der Waals surface area contributed by atoms with Gasteiger partial charge in [-0.25, -0.2) is 0 Å². The molecule has 0 bridgehead atoms. The third-order valence-corrected chi connectivity index (χ3v) is 3.38. The zero-order chi connectivity index (χ0) is 11.3. The molecule has 0 unspecified atom stereocenters. The summed E-state index contributed by atoms with van der Waals surface area (Å²) in [6, 6.07) is 0.596. The van der Waals surface area contributed by atoms with Crippen molar-refractivity contribution in [3.8, 4) is 0 Å². The van der Waals surface area contributed by atoms with Gasteiger partial charge in [-0.05, 0) is 43.4 Å². The average molecular weight is 213 g/mol. The summed E-state index contributed by atoms with van der Waals surface area (Å²) < 4.78 is 0. The first-order valence-corrected chi connectivity index (χ1v) is 6.47. The van der Waals surface area contributed by atoms with Crippen LogP contribution >= 0.6 is 0 Å². The molecule has 0 heterocycles. The minimum absolute atomic E-state index is 0.596. The molecule has 0 saturated heterocycles. The van der Waals surface area contributed by atoms with Crippen molar-refractivity contribution in [3.63, 3.8) is 0 Å². The maximum absolute atomic E-state index is 5.48. The fraction of sp³-hybridized carbons (Fsp3) is 1.00. The molecule has 1 fully saturated rings. The van der Waals surface area contributed by atoms with Crippen molar-refractivity contribution < 1.29 is 4.84 Å². The molecule has 0 atom stereocenters. The van der Waals surface area contributed by atoms with Crippen molar-refractivity contribution in [2.45, 2.75) is 59.4 Å². The van der Waals surface area contributed by atoms with E-state index in [0.717, 1.165) is 18.4 Å². The van der Waals surface area contributed by atoms with Crippen molar-refractivity contribution in [1.82, 2.24) is 5.48 Å². The minimum atomic E-state index is 0.596. The van der Waals surface area contributed by atoms with E-state index in [-0.39, 0.29) is 0 Å². The molecule has 15 heavy (non-hydrogen) atoms. The van der Waals surface area contributed by atoms with Crippen molar-refractivity contribution in [2.75, 3.05) is 6.61 Å². The molecule has 0 aliphatic heterocycles. The van der Waals surface area contributed by atoms with Crippen LogP contribution < -0.4 is 5.48 Å². The van der Waals surface area contributed by atoms with Crippen LogP contribution in [0.5, 0.6) is 0 Å². The lowest BCUT2D eigenvalue weighted by Gasteiger charge is -2.31. The molecule has 0 aromatic rings. The Bertz CT molecular complexity index is 157. The Morgan fingerprint density at radius 1 is 1.07 bits per heavy atom. The largest absolute Gasteiger partial charge is 0.301 e. The number of nitrogens with one attached hydrogen (secondary N) is 1. The zero-order valence-corrected chi connectivity index (χ0v) is 10.8. The highest BCUT2D eigenvalue weighted by molar-refractivity contribution is 4.76.